The Kier molecular flexibility index (Phi) is 3.33. The molecule has 4 heteroatoms. The van der Waals surface area contributed by atoms with Crippen molar-refractivity contribution in [3.8, 4) is 22.6 Å². The Morgan fingerprint density at radius 3 is 2.53 bits per heavy atom. The number of halogens is 2. The SMILES string of the molecule is COc1ccc(-c2cc(O)cc(Br)c2)c(F)c1. The van der Waals surface area contributed by atoms with Crippen molar-refractivity contribution in [1.82, 2.24) is 0 Å². The zero-order valence-electron chi connectivity index (χ0n) is 9.08. The molecule has 17 heavy (non-hydrogen) atoms. The van der Waals surface area contributed by atoms with Gasteiger partial charge in [0.2, 0.25) is 0 Å². The average Bonchev–Trinajstić information content (AvgIpc) is 2.27. The normalized spacial score (nSPS) is 10.3. The van der Waals surface area contributed by atoms with Crippen molar-refractivity contribution >= 4 is 15.9 Å². The number of benzene rings is 2. The van der Waals surface area contributed by atoms with Crippen LogP contribution < -0.4 is 4.74 Å². The van der Waals surface area contributed by atoms with E-state index in [0.717, 1.165) is 0 Å². The zero-order valence-corrected chi connectivity index (χ0v) is 10.7. The molecule has 0 fully saturated rings. The lowest BCUT2D eigenvalue weighted by Crippen LogP contribution is -1.88. The number of phenolic OH excluding ortho intramolecular Hbond substituents is 1. The fraction of sp³-hybridized carbons (Fsp3) is 0.0769. The van der Waals surface area contributed by atoms with E-state index in [1.54, 1.807) is 24.3 Å². The molecule has 0 bridgehead atoms. The van der Waals surface area contributed by atoms with E-state index in [0.29, 0.717) is 21.3 Å². The fourth-order valence-electron chi connectivity index (χ4n) is 1.59. The molecule has 2 nitrogen and oxygen atoms in total. The molecule has 2 rings (SSSR count). The molecule has 0 aliphatic rings. The molecule has 0 saturated carbocycles. The number of rotatable bonds is 2. The summed E-state index contributed by atoms with van der Waals surface area (Å²) in [7, 11) is 1.49. The van der Waals surface area contributed by atoms with Gasteiger partial charge in [0, 0.05) is 16.1 Å². The van der Waals surface area contributed by atoms with Gasteiger partial charge in [-0.2, -0.15) is 0 Å². The van der Waals surface area contributed by atoms with Gasteiger partial charge in [-0.3, -0.25) is 0 Å². The standard InChI is InChI=1S/C13H10BrFO2/c1-17-11-2-3-12(13(15)7-11)8-4-9(14)6-10(16)5-8/h2-7,16H,1H3. The second kappa shape index (κ2) is 4.75. The van der Waals surface area contributed by atoms with E-state index in [-0.39, 0.29) is 11.6 Å². The molecular formula is C13H10BrFO2. The third-order valence-electron chi connectivity index (χ3n) is 2.37. The molecule has 0 aromatic heterocycles. The van der Waals surface area contributed by atoms with E-state index < -0.39 is 0 Å². The summed E-state index contributed by atoms with van der Waals surface area (Å²) in [6.07, 6.45) is 0. The molecule has 1 N–H and O–H groups in total. The Hall–Kier alpha value is -1.55. The molecular weight excluding hydrogens is 287 g/mol. The molecule has 88 valence electrons. The molecule has 2 aromatic carbocycles. The molecule has 0 heterocycles. The van der Waals surface area contributed by atoms with Crippen LogP contribution in [0.1, 0.15) is 0 Å². The third kappa shape index (κ3) is 2.58. The van der Waals surface area contributed by atoms with E-state index in [1.807, 2.05) is 0 Å². The van der Waals surface area contributed by atoms with Gasteiger partial charge >= 0.3 is 0 Å². The van der Waals surface area contributed by atoms with Crippen LogP contribution in [-0.2, 0) is 0 Å². The first kappa shape index (κ1) is 11.9. The van der Waals surface area contributed by atoms with Gasteiger partial charge in [-0.25, -0.2) is 4.39 Å². The van der Waals surface area contributed by atoms with Crippen molar-refractivity contribution in [2.24, 2.45) is 0 Å². The molecule has 0 aliphatic carbocycles. The Labute approximate surface area is 107 Å². The van der Waals surface area contributed by atoms with Crippen molar-refractivity contribution in [3.05, 3.63) is 46.7 Å². The highest BCUT2D eigenvalue weighted by atomic mass is 79.9. The summed E-state index contributed by atoms with van der Waals surface area (Å²) in [5.41, 5.74) is 1.03. The van der Waals surface area contributed by atoms with Crippen LogP contribution in [0.15, 0.2) is 40.9 Å². The monoisotopic (exact) mass is 296 g/mol. The third-order valence-corrected chi connectivity index (χ3v) is 2.83. The largest absolute Gasteiger partial charge is 0.508 e. The Morgan fingerprint density at radius 2 is 1.94 bits per heavy atom. The minimum atomic E-state index is -0.387. The Balaban J connectivity index is 2.52. The lowest BCUT2D eigenvalue weighted by molar-refractivity contribution is 0.411. The van der Waals surface area contributed by atoms with Gasteiger partial charge in [-0.05, 0) is 35.9 Å². The summed E-state index contributed by atoms with van der Waals surface area (Å²) in [5, 5.41) is 9.47. The minimum absolute atomic E-state index is 0.0876. The van der Waals surface area contributed by atoms with Crippen LogP contribution in [0.4, 0.5) is 4.39 Å². The number of ether oxygens (including phenoxy) is 1. The number of phenols is 1. The van der Waals surface area contributed by atoms with Gasteiger partial charge < -0.3 is 9.84 Å². The quantitative estimate of drug-likeness (QED) is 0.909. The summed E-state index contributed by atoms with van der Waals surface area (Å²) in [5.74, 6) is 0.164. The highest BCUT2D eigenvalue weighted by Gasteiger charge is 2.08. The number of aromatic hydroxyl groups is 1. The molecule has 0 spiro atoms. The minimum Gasteiger partial charge on any atom is -0.508 e. The summed E-state index contributed by atoms with van der Waals surface area (Å²) in [4.78, 5) is 0. The molecule has 0 saturated heterocycles. The van der Waals surface area contributed by atoms with Gasteiger partial charge in [0.15, 0.2) is 0 Å². The van der Waals surface area contributed by atoms with Gasteiger partial charge in [-0.1, -0.05) is 15.9 Å². The van der Waals surface area contributed by atoms with Crippen LogP contribution in [-0.4, -0.2) is 12.2 Å². The van der Waals surface area contributed by atoms with Crippen LogP contribution >= 0.6 is 15.9 Å². The topological polar surface area (TPSA) is 29.5 Å². The van der Waals surface area contributed by atoms with Crippen molar-refractivity contribution in [2.75, 3.05) is 7.11 Å². The van der Waals surface area contributed by atoms with Gasteiger partial charge in [0.05, 0.1) is 7.11 Å². The summed E-state index contributed by atoms with van der Waals surface area (Å²) in [6, 6.07) is 9.41. The smallest absolute Gasteiger partial charge is 0.134 e. The number of hydrogen-bond donors (Lipinski definition) is 1. The molecule has 2 aromatic rings. The summed E-state index contributed by atoms with van der Waals surface area (Å²) >= 11 is 3.26. The molecule has 0 aliphatic heterocycles. The van der Waals surface area contributed by atoms with Crippen molar-refractivity contribution in [1.29, 1.82) is 0 Å². The fourth-order valence-corrected chi connectivity index (χ4v) is 2.07. The van der Waals surface area contributed by atoms with Gasteiger partial charge in [0.1, 0.15) is 17.3 Å². The first-order valence-corrected chi connectivity index (χ1v) is 5.73. The zero-order chi connectivity index (χ0) is 12.4. The second-order valence-electron chi connectivity index (χ2n) is 3.54. The maximum atomic E-state index is 13.8. The summed E-state index contributed by atoms with van der Waals surface area (Å²) < 4.78 is 19.4. The van der Waals surface area contributed by atoms with Crippen LogP contribution in [0.2, 0.25) is 0 Å². The Bertz CT molecular complexity index is 535. The van der Waals surface area contributed by atoms with E-state index >= 15 is 0 Å². The first-order chi connectivity index (χ1) is 8.10. The molecule has 0 unspecified atom stereocenters. The predicted octanol–water partition coefficient (Wildman–Crippen LogP) is 3.97. The van der Waals surface area contributed by atoms with Crippen LogP contribution in [0, 0.1) is 5.82 Å². The highest BCUT2D eigenvalue weighted by Crippen LogP contribution is 2.31. The lowest BCUT2D eigenvalue weighted by atomic mass is 10.0. The van der Waals surface area contributed by atoms with E-state index in [1.165, 1.54) is 19.2 Å². The molecule has 0 amide bonds. The van der Waals surface area contributed by atoms with Crippen molar-refractivity contribution in [3.63, 3.8) is 0 Å². The van der Waals surface area contributed by atoms with Gasteiger partial charge in [-0.15, -0.1) is 0 Å². The highest BCUT2D eigenvalue weighted by molar-refractivity contribution is 9.10. The van der Waals surface area contributed by atoms with Crippen molar-refractivity contribution in [2.45, 2.75) is 0 Å². The lowest BCUT2D eigenvalue weighted by Gasteiger charge is -2.07. The number of methoxy groups -OCH3 is 1. The molecule has 0 atom stereocenters. The second-order valence-corrected chi connectivity index (χ2v) is 4.46. The van der Waals surface area contributed by atoms with Crippen LogP contribution in [0.25, 0.3) is 11.1 Å². The van der Waals surface area contributed by atoms with Crippen LogP contribution in [0.5, 0.6) is 11.5 Å². The van der Waals surface area contributed by atoms with E-state index in [9.17, 15) is 9.50 Å². The van der Waals surface area contributed by atoms with Gasteiger partial charge in [0.25, 0.3) is 0 Å². The number of hydrogen-bond acceptors (Lipinski definition) is 2. The van der Waals surface area contributed by atoms with Crippen molar-refractivity contribution < 1.29 is 14.2 Å². The van der Waals surface area contributed by atoms with E-state index in [4.69, 9.17) is 4.74 Å². The predicted molar refractivity (Wildman–Crippen MR) is 67.8 cm³/mol. The average molecular weight is 297 g/mol. The van der Waals surface area contributed by atoms with E-state index in [2.05, 4.69) is 15.9 Å². The molecule has 0 radical (unpaired) electrons. The maximum Gasteiger partial charge on any atom is 0.134 e. The maximum absolute atomic E-state index is 13.8. The first-order valence-electron chi connectivity index (χ1n) is 4.93. The Morgan fingerprint density at radius 1 is 1.18 bits per heavy atom. The van der Waals surface area contributed by atoms with Crippen LogP contribution in [0.3, 0.4) is 0 Å². The summed E-state index contributed by atoms with van der Waals surface area (Å²) in [6.45, 7) is 0.